The van der Waals surface area contributed by atoms with E-state index in [0.29, 0.717) is 35.0 Å². The molecule has 0 saturated heterocycles. The summed E-state index contributed by atoms with van der Waals surface area (Å²) in [5.41, 5.74) is 3.83. The molecule has 0 spiro atoms. The lowest BCUT2D eigenvalue weighted by Crippen LogP contribution is -2.27. The molecule has 1 N–H and O–H groups in total. The number of hydrogen-bond acceptors (Lipinski definition) is 3. The number of aromatic nitrogens is 1. The largest absolute Gasteiger partial charge is 0.435 e. The van der Waals surface area contributed by atoms with E-state index in [1.165, 1.54) is 5.56 Å². The second-order valence-corrected chi connectivity index (χ2v) is 6.14. The van der Waals surface area contributed by atoms with Crippen LogP contribution in [0.3, 0.4) is 0 Å². The van der Waals surface area contributed by atoms with E-state index in [2.05, 4.69) is 24.1 Å². The Bertz CT molecular complexity index is 832. The molecular weight excluding hydrogens is 288 g/mol. The first-order valence-corrected chi connectivity index (χ1v) is 7.79. The summed E-state index contributed by atoms with van der Waals surface area (Å²) in [6, 6.07) is 13.4. The molecule has 3 rings (SSSR count). The van der Waals surface area contributed by atoms with Gasteiger partial charge in [0.15, 0.2) is 5.58 Å². The minimum Gasteiger partial charge on any atom is -0.435 e. The minimum atomic E-state index is -0.129. The highest BCUT2D eigenvalue weighted by atomic mass is 16.3. The predicted octanol–water partition coefficient (Wildman–Crippen LogP) is 4.19. The average molecular weight is 308 g/mol. The molecule has 2 aromatic carbocycles. The van der Waals surface area contributed by atoms with Crippen molar-refractivity contribution in [2.45, 2.75) is 20.8 Å². The molecule has 0 fully saturated rings. The van der Waals surface area contributed by atoms with Crippen LogP contribution in [0, 0.1) is 12.8 Å². The van der Waals surface area contributed by atoms with Crippen LogP contribution in [-0.4, -0.2) is 17.4 Å². The van der Waals surface area contributed by atoms with E-state index in [-0.39, 0.29) is 5.91 Å². The number of nitrogens with zero attached hydrogens (tertiary/aromatic N) is 1. The minimum absolute atomic E-state index is 0.129. The van der Waals surface area contributed by atoms with Crippen molar-refractivity contribution in [3.8, 4) is 11.5 Å². The van der Waals surface area contributed by atoms with Crippen molar-refractivity contribution in [3.05, 3.63) is 53.6 Å². The van der Waals surface area contributed by atoms with Gasteiger partial charge < -0.3 is 9.73 Å². The highest BCUT2D eigenvalue weighted by Crippen LogP contribution is 2.26. The Labute approximate surface area is 135 Å². The second kappa shape index (κ2) is 6.24. The summed E-state index contributed by atoms with van der Waals surface area (Å²) >= 11 is 0. The molecule has 0 atom stereocenters. The van der Waals surface area contributed by atoms with E-state index in [9.17, 15) is 4.79 Å². The van der Waals surface area contributed by atoms with Gasteiger partial charge in [-0.3, -0.25) is 4.79 Å². The maximum Gasteiger partial charge on any atom is 0.255 e. The molecule has 1 heterocycles. The summed E-state index contributed by atoms with van der Waals surface area (Å²) in [7, 11) is 0. The lowest BCUT2D eigenvalue weighted by atomic mass is 10.1. The van der Waals surface area contributed by atoms with Crippen molar-refractivity contribution in [2.75, 3.05) is 6.54 Å². The number of para-hydroxylation sites is 1. The van der Waals surface area contributed by atoms with Crippen molar-refractivity contribution in [2.24, 2.45) is 5.92 Å². The van der Waals surface area contributed by atoms with Crippen LogP contribution in [0.4, 0.5) is 0 Å². The normalized spacial score (nSPS) is 11.1. The molecule has 0 radical (unpaired) electrons. The number of rotatable bonds is 4. The lowest BCUT2D eigenvalue weighted by molar-refractivity contribution is 0.0949. The summed E-state index contributed by atoms with van der Waals surface area (Å²) in [5.74, 6) is 0.802. The Balaban J connectivity index is 1.98. The number of carbonyl (C=O) groups excluding carboxylic acids is 1. The van der Waals surface area contributed by atoms with Gasteiger partial charge in [0.1, 0.15) is 5.52 Å². The van der Waals surface area contributed by atoms with Crippen LogP contribution in [0.5, 0.6) is 0 Å². The zero-order valence-corrected chi connectivity index (χ0v) is 13.6. The summed E-state index contributed by atoms with van der Waals surface area (Å²) in [4.78, 5) is 16.9. The van der Waals surface area contributed by atoms with Crippen molar-refractivity contribution < 1.29 is 9.21 Å². The smallest absolute Gasteiger partial charge is 0.255 e. The van der Waals surface area contributed by atoms with Crippen molar-refractivity contribution in [3.63, 3.8) is 0 Å². The molecule has 3 aromatic rings. The molecule has 0 aliphatic rings. The number of nitrogens with one attached hydrogen (secondary N) is 1. The number of hydrogen-bond donors (Lipinski definition) is 1. The highest BCUT2D eigenvalue weighted by Gasteiger charge is 2.16. The van der Waals surface area contributed by atoms with E-state index in [4.69, 9.17) is 4.42 Å². The number of amides is 1. The van der Waals surface area contributed by atoms with E-state index in [0.717, 1.165) is 5.56 Å². The maximum absolute atomic E-state index is 12.4. The van der Waals surface area contributed by atoms with Gasteiger partial charge in [0.05, 0.1) is 5.56 Å². The van der Waals surface area contributed by atoms with Crippen LogP contribution < -0.4 is 5.32 Å². The van der Waals surface area contributed by atoms with Gasteiger partial charge in [0, 0.05) is 12.1 Å². The van der Waals surface area contributed by atoms with Gasteiger partial charge in [0.2, 0.25) is 5.89 Å². The van der Waals surface area contributed by atoms with Gasteiger partial charge in [-0.2, -0.15) is 0 Å². The fourth-order valence-electron chi connectivity index (χ4n) is 2.34. The van der Waals surface area contributed by atoms with E-state index >= 15 is 0 Å². The number of oxazole rings is 1. The van der Waals surface area contributed by atoms with Crippen LogP contribution in [-0.2, 0) is 0 Å². The van der Waals surface area contributed by atoms with Crippen LogP contribution in [0.25, 0.3) is 22.6 Å². The zero-order chi connectivity index (χ0) is 16.4. The molecule has 4 nitrogen and oxygen atoms in total. The molecule has 23 heavy (non-hydrogen) atoms. The molecule has 118 valence electrons. The van der Waals surface area contributed by atoms with Gasteiger partial charge in [0.25, 0.3) is 5.91 Å². The molecule has 0 aliphatic heterocycles. The van der Waals surface area contributed by atoms with Gasteiger partial charge in [-0.05, 0) is 37.1 Å². The molecule has 1 aromatic heterocycles. The summed E-state index contributed by atoms with van der Waals surface area (Å²) in [6.07, 6.45) is 0. The predicted molar refractivity (Wildman–Crippen MR) is 91.4 cm³/mol. The molecular formula is C19H20N2O2. The summed E-state index contributed by atoms with van der Waals surface area (Å²) in [6.45, 7) is 6.79. The third-order valence-corrected chi connectivity index (χ3v) is 3.63. The first-order valence-electron chi connectivity index (χ1n) is 7.79. The number of fused-ring (bicyclic) bond motifs is 1. The van der Waals surface area contributed by atoms with Gasteiger partial charge in [-0.1, -0.05) is 37.6 Å². The average Bonchev–Trinajstić information content (AvgIpc) is 2.97. The van der Waals surface area contributed by atoms with Crippen LogP contribution >= 0.6 is 0 Å². The Morgan fingerprint density at radius 2 is 1.91 bits per heavy atom. The third-order valence-electron chi connectivity index (χ3n) is 3.63. The van der Waals surface area contributed by atoms with Crippen molar-refractivity contribution >= 4 is 17.0 Å². The topological polar surface area (TPSA) is 55.1 Å². The Morgan fingerprint density at radius 3 is 2.61 bits per heavy atom. The first kappa shape index (κ1) is 15.3. The number of carbonyl (C=O) groups is 1. The summed E-state index contributed by atoms with van der Waals surface area (Å²) < 4.78 is 5.88. The molecule has 4 heteroatoms. The fraction of sp³-hybridized carbons (Fsp3) is 0.263. The summed E-state index contributed by atoms with van der Waals surface area (Å²) in [5, 5.41) is 2.92. The monoisotopic (exact) mass is 308 g/mol. The SMILES string of the molecule is Cc1ccc(-c2nc3cccc(C(=O)NCC(C)C)c3o2)cc1. The van der Waals surface area contributed by atoms with Gasteiger partial charge >= 0.3 is 0 Å². The number of aryl methyl sites for hydroxylation is 1. The zero-order valence-electron chi connectivity index (χ0n) is 13.6. The molecule has 0 saturated carbocycles. The Morgan fingerprint density at radius 1 is 1.17 bits per heavy atom. The van der Waals surface area contributed by atoms with Gasteiger partial charge in [-0.25, -0.2) is 4.98 Å². The highest BCUT2D eigenvalue weighted by molar-refractivity contribution is 6.04. The third kappa shape index (κ3) is 3.26. The van der Waals surface area contributed by atoms with Crippen LogP contribution in [0.15, 0.2) is 46.9 Å². The molecule has 1 amide bonds. The van der Waals surface area contributed by atoms with Crippen molar-refractivity contribution in [1.29, 1.82) is 0 Å². The molecule has 0 aliphatic carbocycles. The quantitative estimate of drug-likeness (QED) is 0.786. The van der Waals surface area contributed by atoms with Crippen molar-refractivity contribution in [1.82, 2.24) is 10.3 Å². The fourth-order valence-corrected chi connectivity index (χ4v) is 2.34. The molecule has 0 bridgehead atoms. The second-order valence-electron chi connectivity index (χ2n) is 6.14. The first-order chi connectivity index (χ1) is 11.0. The van der Waals surface area contributed by atoms with E-state index in [1.54, 1.807) is 6.07 Å². The van der Waals surface area contributed by atoms with Crippen LogP contribution in [0.2, 0.25) is 0 Å². The lowest BCUT2D eigenvalue weighted by Gasteiger charge is -2.07. The number of benzene rings is 2. The van der Waals surface area contributed by atoms with Crippen LogP contribution in [0.1, 0.15) is 29.8 Å². The maximum atomic E-state index is 12.4. The standard InChI is InChI=1S/C19H20N2O2/c1-12(2)11-20-18(22)15-5-4-6-16-17(15)23-19(21-16)14-9-7-13(3)8-10-14/h4-10,12H,11H2,1-3H3,(H,20,22). The Kier molecular flexibility index (Phi) is 4.15. The van der Waals surface area contributed by atoms with E-state index in [1.807, 2.05) is 43.3 Å². The van der Waals surface area contributed by atoms with Gasteiger partial charge in [-0.15, -0.1) is 0 Å². The molecule has 0 unspecified atom stereocenters. The Hall–Kier alpha value is -2.62. The van der Waals surface area contributed by atoms with E-state index < -0.39 is 0 Å².